The Hall–Kier alpha value is -0.820. The van der Waals surface area contributed by atoms with Crippen LogP contribution in [0.4, 0.5) is 0 Å². The monoisotopic (exact) mass is 271 g/mol. The summed E-state index contributed by atoms with van der Waals surface area (Å²) in [7, 11) is 2.18. The van der Waals surface area contributed by atoms with Crippen LogP contribution in [0, 0.1) is 5.92 Å². The van der Waals surface area contributed by atoms with Crippen molar-refractivity contribution in [2.75, 3.05) is 7.05 Å². The molecule has 0 bridgehead atoms. The molecule has 1 unspecified atom stereocenters. The van der Waals surface area contributed by atoms with E-state index in [0.717, 1.165) is 5.92 Å². The van der Waals surface area contributed by atoms with Crippen LogP contribution in [0.2, 0.25) is 0 Å². The van der Waals surface area contributed by atoms with Crippen LogP contribution in [0.1, 0.15) is 63.4 Å². The van der Waals surface area contributed by atoms with Crippen LogP contribution in [0.5, 0.6) is 0 Å². The molecule has 0 aliphatic heterocycles. The molecule has 20 heavy (non-hydrogen) atoms. The van der Waals surface area contributed by atoms with Crippen LogP contribution < -0.4 is 5.32 Å². The minimum absolute atomic E-state index is 0.401. The Kier molecular flexibility index (Phi) is 4.45. The Morgan fingerprint density at radius 1 is 1.05 bits per heavy atom. The van der Waals surface area contributed by atoms with Crippen molar-refractivity contribution in [3.8, 4) is 0 Å². The first-order valence-electron chi connectivity index (χ1n) is 8.58. The van der Waals surface area contributed by atoms with Crippen molar-refractivity contribution in [3.63, 3.8) is 0 Å². The summed E-state index contributed by atoms with van der Waals surface area (Å²) >= 11 is 0. The molecule has 2 fully saturated rings. The smallest absolute Gasteiger partial charge is 0.0164 e. The zero-order chi connectivity index (χ0) is 13.8. The second-order valence-electron chi connectivity index (χ2n) is 6.96. The van der Waals surface area contributed by atoms with Gasteiger partial charge in [0.15, 0.2) is 0 Å². The summed E-state index contributed by atoms with van der Waals surface area (Å²) in [6, 6.07) is 12.0. The summed E-state index contributed by atoms with van der Waals surface area (Å²) < 4.78 is 0. The first-order chi connectivity index (χ1) is 9.85. The summed E-state index contributed by atoms with van der Waals surface area (Å²) in [6.45, 7) is 0. The number of likely N-dealkylation sites (N-methyl/N-ethyl adjacent to an activating group) is 1. The Morgan fingerprint density at radius 2 is 1.70 bits per heavy atom. The molecule has 0 spiro atoms. The standard InChI is InChI=1S/C19H29N/c1-20-18(15-16-9-5-6-10-16)19(13-7-8-14-19)17-11-3-2-4-12-17/h2-4,11-12,16,18,20H,5-10,13-15H2,1H3. The third kappa shape index (κ3) is 2.65. The first-order valence-corrected chi connectivity index (χ1v) is 8.58. The van der Waals surface area contributed by atoms with E-state index in [2.05, 4.69) is 42.7 Å². The minimum atomic E-state index is 0.401. The average molecular weight is 271 g/mol. The fraction of sp³-hybridized carbons (Fsp3) is 0.684. The van der Waals surface area contributed by atoms with Crippen molar-refractivity contribution in [3.05, 3.63) is 35.9 Å². The van der Waals surface area contributed by atoms with Gasteiger partial charge in [-0.2, -0.15) is 0 Å². The molecule has 2 saturated carbocycles. The van der Waals surface area contributed by atoms with Gasteiger partial charge in [-0.3, -0.25) is 0 Å². The van der Waals surface area contributed by atoms with Gasteiger partial charge in [0.1, 0.15) is 0 Å². The summed E-state index contributed by atoms with van der Waals surface area (Å²) in [6.07, 6.45) is 12.8. The molecule has 110 valence electrons. The van der Waals surface area contributed by atoms with Crippen molar-refractivity contribution in [2.24, 2.45) is 5.92 Å². The second-order valence-corrected chi connectivity index (χ2v) is 6.96. The lowest BCUT2D eigenvalue weighted by Gasteiger charge is -2.39. The summed E-state index contributed by atoms with van der Waals surface area (Å²) in [5.74, 6) is 0.966. The van der Waals surface area contributed by atoms with E-state index < -0.39 is 0 Å². The van der Waals surface area contributed by atoms with Crippen molar-refractivity contribution >= 4 is 0 Å². The molecule has 0 amide bonds. The third-order valence-electron chi connectivity index (χ3n) is 5.90. The van der Waals surface area contributed by atoms with Crippen LogP contribution in [-0.4, -0.2) is 13.1 Å². The quantitative estimate of drug-likeness (QED) is 0.821. The highest BCUT2D eigenvalue weighted by atomic mass is 14.9. The molecule has 1 atom stereocenters. The number of hydrogen-bond donors (Lipinski definition) is 1. The van der Waals surface area contributed by atoms with Crippen molar-refractivity contribution in [1.82, 2.24) is 5.32 Å². The Labute approximate surface area is 124 Å². The molecule has 1 aromatic carbocycles. The van der Waals surface area contributed by atoms with E-state index in [1.54, 1.807) is 5.56 Å². The van der Waals surface area contributed by atoms with Crippen molar-refractivity contribution in [2.45, 2.75) is 69.2 Å². The number of nitrogens with one attached hydrogen (secondary N) is 1. The van der Waals surface area contributed by atoms with Crippen LogP contribution in [0.3, 0.4) is 0 Å². The Balaban J connectivity index is 1.84. The van der Waals surface area contributed by atoms with Gasteiger partial charge in [-0.05, 0) is 37.8 Å². The lowest BCUT2D eigenvalue weighted by Crippen LogP contribution is -2.46. The van der Waals surface area contributed by atoms with E-state index in [9.17, 15) is 0 Å². The maximum Gasteiger partial charge on any atom is 0.0164 e. The molecule has 2 aliphatic carbocycles. The molecule has 0 radical (unpaired) electrons. The van der Waals surface area contributed by atoms with Gasteiger partial charge in [0, 0.05) is 11.5 Å². The van der Waals surface area contributed by atoms with Crippen LogP contribution in [0.25, 0.3) is 0 Å². The Bertz CT molecular complexity index is 399. The number of benzene rings is 1. The zero-order valence-corrected chi connectivity index (χ0v) is 12.9. The molecule has 1 aromatic rings. The molecular formula is C19H29N. The molecule has 1 heteroatoms. The van der Waals surface area contributed by atoms with E-state index in [1.807, 2.05) is 0 Å². The topological polar surface area (TPSA) is 12.0 Å². The molecule has 1 nitrogen and oxygen atoms in total. The SMILES string of the molecule is CNC(CC1CCCC1)C1(c2ccccc2)CCCC1. The highest BCUT2D eigenvalue weighted by Gasteiger charge is 2.42. The molecule has 3 rings (SSSR count). The molecule has 1 N–H and O–H groups in total. The van der Waals surface area contributed by atoms with Gasteiger partial charge >= 0.3 is 0 Å². The average Bonchev–Trinajstić information content (AvgIpc) is 3.18. The normalized spacial score (nSPS) is 24.1. The molecule has 2 aliphatic rings. The van der Waals surface area contributed by atoms with Gasteiger partial charge in [-0.1, -0.05) is 68.9 Å². The highest BCUT2D eigenvalue weighted by Crippen LogP contribution is 2.46. The lowest BCUT2D eigenvalue weighted by atomic mass is 9.70. The maximum atomic E-state index is 3.71. The number of hydrogen-bond acceptors (Lipinski definition) is 1. The minimum Gasteiger partial charge on any atom is -0.316 e. The fourth-order valence-corrected chi connectivity index (χ4v) is 4.81. The molecule has 0 saturated heterocycles. The van der Waals surface area contributed by atoms with Gasteiger partial charge in [0.2, 0.25) is 0 Å². The summed E-state index contributed by atoms with van der Waals surface area (Å²) in [5, 5.41) is 3.71. The highest BCUT2D eigenvalue weighted by molar-refractivity contribution is 5.29. The second kappa shape index (κ2) is 6.30. The van der Waals surface area contributed by atoms with Crippen molar-refractivity contribution in [1.29, 1.82) is 0 Å². The maximum absolute atomic E-state index is 3.71. The van der Waals surface area contributed by atoms with Crippen LogP contribution >= 0.6 is 0 Å². The number of rotatable bonds is 5. The van der Waals surface area contributed by atoms with Gasteiger partial charge in [-0.15, -0.1) is 0 Å². The van der Waals surface area contributed by atoms with Crippen LogP contribution in [0.15, 0.2) is 30.3 Å². The van der Waals surface area contributed by atoms with E-state index in [-0.39, 0.29) is 0 Å². The van der Waals surface area contributed by atoms with Gasteiger partial charge in [0.05, 0.1) is 0 Å². The largest absolute Gasteiger partial charge is 0.316 e. The van der Waals surface area contributed by atoms with Gasteiger partial charge in [-0.25, -0.2) is 0 Å². The Morgan fingerprint density at radius 3 is 2.30 bits per heavy atom. The third-order valence-corrected chi connectivity index (χ3v) is 5.90. The summed E-state index contributed by atoms with van der Waals surface area (Å²) in [5.41, 5.74) is 1.98. The van der Waals surface area contributed by atoms with E-state index in [4.69, 9.17) is 0 Å². The fourth-order valence-electron chi connectivity index (χ4n) is 4.81. The molecular weight excluding hydrogens is 242 g/mol. The van der Waals surface area contributed by atoms with E-state index >= 15 is 0 Å². The van der Waals surface area contributed by atoms with Gasteiger partial charge < -0.3 is 5.32 Å². The van der Waals surface area contributed by atoms with E-state index in [0.29, 0.717) is 11.5 Å². The summed E-state index contributed by atoms with van der Waals surface area (Å²) in [4.78, 5) is 0. The molecule has 0 heterocycles. The molecule has 0 aromatic heterocycles. The van der Waals surface area contributed by atoms with Gasteiger partial charge in [0.25, 0.3) is 0 Å². The predicted molar refractivity (Wildman–Crippen MR) is 86.0 cm³/mol. The first kappa shape index (κ1) is 14.1. The van der Waals surface area contributed by atoms with E-state index in [1.165, 1.54) is 57.8 Å². The van der Waals surface area contributed by atoms with Crippen LogP contribution in [-0.2, 0) is 5.41 Å². The predicted octanol–water partition coefficient (Wildman–Crippen LogP) is 4.67. The lowest BCUT2D eigenvalue weighted by molar-refractivity contribution is 0.260. The van der Waals surface area contributed by atoms with Crippen molar-refractivity contribution < 1.29 is 0 Å². The zero-order valence-electron chi connectivity index (χ0n) is 12.9.